The Balaban J connectivity index is 2.03. The Morgan fingerprint density at radius 1 is 1.43 bits per heavy atom. The van der Waals surface area contributed by atoms with Crippen LogP contribution in [-0.4, -0.2) is 44.9 Å². The van der Waals surface area contributed by atoms with Crippen LogP contribution in [0.5, 0.6) is 0 Å². The largest absolute Gasteiger partial charge is 0.381 e. The molecule has 1 aromatic rings. The molecule has 3 N–H and O–H groups in total. The van der Waals surface area contributed by atoms with E-state index in [-0.39, 0.29) is 10.4 Å². The van der Waals surface area contributed by atoms with Crippen molar-refractivity contribution in [3.8, 4) is 0 Å². The second-order valence-corrected chi connectivity index (χ2v) is 7.46. The number of sulfonamides is 1. The van der Waals surface area contributed by atoms with Crippen LogP contribution in [0.25, 0.3) is 0 Å². The monoisotopic (exact) mass is 316 g/mol. The van der Waals surface area contributed by atoms with Crippen LogP contribution in [0.1, 0.15) is 32.3 Å². The topological polar surface area (TPSA) is 96.1 Å². The highest BCUT2D eigenvalue weighted by atomic mass is 32.2. The van der Waals surface area contributed by atoms with Crippen LogP contribution in [-0.2, 0) is 21.3 Å². The van der Waals surface area contributed by atoms with E-state index in [0.29, 0.717) is 31.9 Å². The van der Waals surface area contributed by atoms with Gasteiger partial charge in [0.1, 0.15) is 0 Å². The van der Waals surface area contributed by atoms with Crippen molar-refractivity contribution >= 4 is 10.0 Å². The average Bonchev–Trinajstić information content (AvgIpc) is 2.93. The molecule has 1 saturated heterocycles. The molecule has 0 aromatic carbocycles. The molecule has 7 nitrogen and oxygen atoms in total. The zero-order chi connectivity index (χ0) is 15.3. The lowest BCUT2D eigenvalue weighted by Crippen LogP contribution is -2.39. The standard InChI is InChI=1S/C13H24N4O3S/c1-3-14-8-11-9-15-17-12(11)21(18,19)16-10-13(2)4-6-20-7-5-13/h9,14,16H,3-8,10H2,1-2H3,(H,15,17). The minimum absolute atomic E-state index is 0.0484. The van der Waals surface area contributed by atoms with Crippen LogP contribution in [0.2, 0.25) is 0 Å². The van der Waals surface area contributed by atoms with Gasteiger partial charge in [-0.3, -0.25) is 5.10 Å². The summed E-state index contributed by atoms with van der Waals surface area (Å²) in [5.41, 5.74) is 0.606. The molecule has 1 aliphatic heterocycles. The fourth-order valence-corrected chi connectivity index (χ4v) is 3.63. The molecule has 1 fully saturated rings. The number of hydrogen-bond acceptors (Lipinski definition) is 5. The predicted molar refractivity (Wildman–Crippen MR) is 79.3 cm³/mol. The van der Waals surface area contributed by atoms with Crippen LogP contribution in [0.15, 0.2) is 11.2 Å². The predicted octanol–water partition coefficient (Wildman–Crippen LogP) is 0.614. The Kier molecular flexibility index (Phi) is 5.37. The molecular weight excluding hydrogens is 292 g/mol. The molecule has 120 valence electrons. The van der Waals surface area contributed by atoms with E-state index in [0.717, 1.165) is 19.4 Å². The maximum absolute atomic E-state index is 12.4. The number of rotatable bonds is 7. The van der Waals surface area contributed by atoms with E-state index in [4.69, 9.17) is 4.74 Å². The molecule has 1 aromatic heterocycles. The van der Waals surface area contributed by atoms with Crippen molar-refractivity contribution in [2.75, 3.05) is 26.3 Å². The minimum Gasteiger partial charge on any atom is -0.381 e. The summed E-state index contributed by atoms with van der Waals surface area (Å²) in [6.45, 7) is 7.10. The highest BCUT2D eigenvalue weighted by Crippen LogP contribution is 2.29. The van der Waals surface area contributed by atoms with Crippen molar-refractivity contribution < 1.29 is 13.2 Å². The van der Waals surface area contributed by atoms with Gasteiger partial charge < -0.3 is 10.1 Å². The van der Waals surface area contributed by atoms with Crippen molar-refractivity contribution in [1.82, 2.24) is 20.2 Å². The van der Waals surface area contributed by atoms with Gasteiger partial charge in [0.05, 0.1) is 6.20 Å². The molecule has 2 rings (SSSR count). The summed E-state index contributed by atoms with van der Waals surface area (Å²) in [6, 6.07) is 0. The second kappa shape index (κ2) is 6.87. The molecule has 0 unspecified atom stereocenters. The zero-order valence-electron chi connectivity index (χ0n) is 12.6. The number of nitrogens with zero attached hydrogens (tertiary/aromatic N) is 1. The van der Waals surface area contributed by atoms with Crippen molar-refractivity contribution in [2.24, 2.45) is 5.41 Å². The maximum atomic E-state index is 12.4. The van der Waals surface area contributed by atoms with Crippen LogP contribution < -0.4 is 10.0 Å². The first-order valence-corrected chi connectivity index (χ1v) is 8.75. The molecule has 21 heavy (non-hydrogen) atoms. The molecule has 2 heterocycles. The Morgan fingerprint density at radius 3 is 2.81 bits per heavy atom. The van der Waals surface area contributed by atoms with Gasteiger partial charge in [-0.25, -0.2) is 13.1 Å². The molecular formula is C13H24N4O3S. The Morgan fingerprint density at radius 2 is 2.14 bits per heavy atom. The highest BCUT2D eigenvalue weighted by molar-refractivity contribution is 7.89. The quantitative estimate of drug-likeness (QED) is 0.685. The molecule has 0 radical (unpaired) electrons. The molecule has 0 aliphatic carbocycles. The lowest BCUT2D eigenvalue weighted by molar-refractivity contribution is 0.0264. The Labute approximate surface area is 125 Å². The molecule has 0 spiro atoms. The molecule has 0 saturated carbocycles. The smallest absolute Gasteiger partial charge is 0.257 e. The number of H-pyrrole nitrogens is 1. The third-order valence-corrected chi connectivity index (χ3v) is 5.32. The first kappa shape index (κ1) is 16.4. The van der Waals surface area contributed by atoms with Crippen LogP contribution >= 0.6 is 0 Å². The molecule has 1 aliphatic rings. The molecule has 0 bridgehead atoms. The fourth-order valence-electron chi connectivity index (χ4n) is 2.30. The summed E-state index contributed by atoms with van der Waals surface area (Å²) in [4.78, 5) is 0. The van der Waals surface area contributed by atoms with Crippen LogP contribution in [0, 0.1) is 5.41 Å². The summed E-state index contributed by atoms with van der Waals surface area (Å²) in [6.07, 6.45) is 3.28. The number of hydrogen-bond donors (Lipinski definition) is 3. The van der Waals surface area contributed by atoms with Crippen molar-refractivity contribution in [3.05, 3.63) is 11.8 Å². The van der Waals surface area contributed by atoms with Gasteiger partial charge in [-0.15, -0.1) is 0 Å². The average molecular weight is 316 g/mol. The van der Waals surface area contributed by atoms with Gasteiger partial charge in [0.25, 0.3) is 10.0 Å². The molecule has 8 heteroatoms. The van der Waals surface area contributed by atoms with Crippen molar-refractivity contribution in [2.45, 2.75) is 38.3 Å². The molecule has 0 amide bonds. The van der Waals surface area contributed by atoms with E-state index in [1.807, 2.05) is 6.92 Å². The summed E-state index contributed by atoms with van der Waals surface area (Å²) < 4.78 is 32.9. The van der Waals surface area contributed by atoms with Gasteiger partial charge in [0, 0.05) is 31.9 Å². The van der Waals surface area contributed by atoms with E-state index in [9.17, 15) is 8.42 Å². The van der Waals surface area contributed by atoms with Gasteiger partial charge in [-0.1, -0.05) is 13.8 Å². The SMILES string of the molecule is CCNCc1cn[nH]c1S(=O)(=O)NCC1(C)CCOCC1. The van der Waals surface area contributed by atoms with Gasteiger partial charge >= 0.3 is 0 Å². The van der Waals surface area contributed by atoms with E-state index >= 15 is 0 Å². The summed E-state index contributed by atoms with van der Waals surface area (Å²) in [7, 11) is -3.56. The van der Waals surface area contributed by atoms with E-state index < -0.39 is 10.0 Å². The highest BCUT2D eigenvalue weighted by Gasteiger charge is 2.30. The van der Waals surface area contributed by atoms with E-state index in [1.54, 1.807) is 6.20 Å². The maximum Gasteiger partial charge on any atom is 0.257 e. The van der Waals surface area contributed by atoms with E-state index in [2.05, 4.69) is 27.2 Å². The summed E-state index contributed by atoms with van der Waals surface area (Å²) in [5.74, 6) is 0. The first-order chi connectivity index (χ1) is 9.97. The van der Waals surface area contributed by atoms with Gasteiger partial charge in [0.15, 0.2) is 5.03 Å². The van der Waals surface area contributed by atoms with E-state index in [1.165, 1.54) is 0 Å². The van der Waals surface area contributed by atoms with Crippen molar-refractivity contribution in [1.29, 1.82) is 0 Å². The zero-order valence-corrected chi connectivity index (χ0v) is 13.4. The normalized spacial score (nSPS) is 18.8. The third-order valence-electron chi connectivity index (χ3n) is 3.90. The summed E-state index contributed by atoms with van der Waals surface area (Å²) in [5, 5.41) is 9.70. The van der Waals surface area contributed by atoms with Gasteiger partial charge in [-0.2, -0.15) is 5.10 Å². The lowest BCUT2D eigenvalue weighted by Gasteiger charge is -2.33. The number of aromatic amines is 1. The molecule has 0 atom stereocenters. The van der Waals surface area contributed by atoms with Gasteiger partial charge in [0.2, 0.25) is 0 Å². The Bertz CT molecular complexity index is 550. The van der Waals surface area contributed by atoms with Crippen LogP contribution in [0.4, 0.5) is 0 Å². The summed E-state index contributed by atoms with van der Waals surface area (Å²) >= 11 is 0. The van der Waals surface area contributed by atoms with Crippen molar-refractivity contribution in [3.63, 3.8) is 0 Å². The fraction of sp³-hybridized carbons (Fsp3) is 0.769. The Hall–Kier alpha value is -0.960. The number of ether oxygens (including phenoxy) is 1. The first-order valence-electron chi connectivity index (χ1n) is 7.27. The number of nitrogens with one attached hydrogen (secondary N) is 3. The third kappa shape index (κ3) is 4.26. The lowest BCUT2D eigenvalue weighted by atomic mass is 9.83. The minimum atomic E-state index is -3.56. The number of aromatic nitrogens is 2. The van der Waals surface area contributed by atoms with Crippen LogP contribution in [0.3, 0.4) is 0 Å². The van der Waals surface area contributed by atoms with Gasteiger partial charge in [-0.05, 0) is 24.8 Å². The second-order valence-electron chi connectivity index (χ2n) is 5.75.